The lowest BCUT2D eigenvalue weighted by Crippen LogP contribution is -2.51. The number of nitrogens with one attached hydrogen (secondary N) is 1. The number of aryl methyl sites for hydroxylation is 1. The highest BCUT2D eigenvalue weighted by Gasteiger charge is 2.33. The highest BCUT2D eigenvalue weighted by atomic mass is 16.5. The van der Waals surface area contributed by atoms with E-state index in [1.165, 1.54) is 24.8 Å². The van der Waals surface area contributed by atoms with Crippen LogP contribution < -0.4 is 20.7 Å². The van der Waals surface area contributed by atoms with Crippen molar-refractivity contribution in [2.45, 2.75) is 50.7 Å². The van der Waals surface area contributed by atoms with Crippen LogP contribution in [0, 0.1) is 6.92 Å². The molecule has 3 N–H and O–H groups in total. The number of anilines is 2. The molecule has 4 heterocycles. The summed E-state index contributed by atoms with van der Waals surface area (Å²) < 4.78 is 6.23. The van der Waals surface area contributed by atoms with Gasteiger partial charge in [-0.1, -0.05) is 12.1 Å². The van der Waals surface area contributed by atoms with Gasteiger partial charge in [-0.05, 0) is 87.2 Å². The molecule has 2 unspecified atom stereocenters. The minimum Gasteiger partial charge on any atom is -0.462 e. The van der Waals surface area contributed by atoms with Gasteiger partial charge in [-0.25, -0.2) is 0 Å². The Balaban J connectivity index is 1.40. The molecule has 0 amide bonds. The molecular weight excluding hydrogens is 424 g/mol. The van der Waals surface area contributed by atoms with Crippen molar-refractivity contribution in [1.29, 1.82) is 0 Å². The normalized spacial score (nSPS) is 24.8. The fourth-order valence-corrected chi connectivity index (χ4v) is 5.85. The van der Waals surface area contributed by atoms with Gasteiger partial charge in [-0.15, -0.1) is 0 Å². The standard InChI is InChI=1S/C27H34N6O/c1-17-5-7-19(28)13-24(17)18-6-10-23-25(12-18)30-27(34-16-22-4-3-11-32(22)2)31-26(23)33-14-20-8-9-21(15-33)29-20/h5-7,10,12-13,20-22,29H,3-4,8-9,11,14-16,28H2,1-2H3/t20?,21?,22-/m0/s1. The van der Waals surface area contributed by atoms with Gasteiger partial charge in [0.2, 0.25) is 0 Å². The highest BCUT2D eigenvalue weighted by Crippen LogP contribution is 2.34. The van der Waals surface area contributed by atoms with Crippen LogP contribution in [0.25, 0.3) is 22.0 Å². The van der Waals surface area contributed by atoms with Crippen LogP contribution in [0.3, 0.4) is 0 Å². The SMILES string of the molecule is Cc1ccc(N)cc1-c1ccc2c(N3CC4CCC(C3)N4)nc(OC[C@@H]3CCCN3C)nc2c1. The molecule has 3 aliphatic rings. The third-order valence-corrected chi connectivity index (χ3v) is 7.82. The van der Waals surface area contributed by atoms with E-state index in [0.717, 1.165) is 59.6 Å². The van der Waals surface area contributed by atoms with Crippen LogP contribution in [-0.4, -0.2) is 66.3 Å². The molecule has 2 bridgehead atoms. The van der Waals surface area contributed by atoms with Crippen molar-refractivity contribution in [3.8, 4) is 17.1 Å². The maximum atomic E-state index is 6.23. The summed E-state index contributed by atoms with van der Waals surface area (Å²) in [7, 11) is 2.17. The second-order valence-corrected chi connectivity index (χ2v) is 10.3. The van der Waals surface area contributed by atoms with E-state index in [4.69, 9.17) is 20.4 Å². The molecule has 0 saturated carbocycles. The number of ether oxygens (including phenoxy) is 1. The number of likely N-dealkylation sites (tertiary alicyclic amines) is 1. The first kappa shape index (κ1) is 21.6. The second-order valence-electron chi connectivity index (χ2n) is 10.3. The Morgan fingerprint density at radius 3 is 2.65 bits per heavy atom. The summed E-state index contributed by atoms with van der Waals surface area (Å²) in [5.74, 6) is 0.994. The van der Waals surface area contributed by atoms with Gasteiger partial charge < -0.3 is 25.6 Å². The first-order chi connectivity index (χ1) is 16.5. The average molecular weight is 459 g/mol. The molecule has 34 heavy (non-hydrogen) atoms. The number of rotatable bonds is 5. The molecule has 3 fully saturated rings. The largest absolute Gasteiger partial charge is 0.462 e. The number of nitrogen functional groups attached to an aromatic ring is 1. The van der Waals surface area contributed by atoms with E-state index in [-0.39, 0.29) is 0 Å². The Morgan fingerprint density at radius 1 is 1.06 bits per heavy atom. The number of hydrogen-bond acceptors (Lipinski definition) is 7. The average Bonchev–Trinajstić information content (AvgIpc) is 3.41. The summed E-state index contributed by atoms with van der Waals surface area (Å²) in [4.78, 5) is 14.7. The van der Waals surface area contributed by atoms with Crippen LogP contribution in [0.1, 0.15) is 31.2 Å². The highest BCUT2D eigenvalue weighted by molar-refractivity contribution is 5.93. The van der Waals surface area contributed by atoms with Gasteiger partial charge in [-0.3, -0.25) is 0 Å². The molecule has 1 aromatic heterocycles. The Labute approximate surface area is 201 Å². The van der Waals surface area contributed by atoms with Crippen molar-refractivity contribution in [3.63, 3.8) is 0 Å². The first-order valence-corrected chi connectivity index (χ1v) is 12.6. The maximum absolute atomic E-state index is 6.23. The van der Waals surface area contributed by atoms with E-state index >= 15 is 0 Å². The van der Waals surface area contributed by atoms with Crippen molar-refractivity contribution >= 4 is 22.4 Å². The number of fused-ring (bicyclic) bond motifs is 3. The van der Waals surface area contributed by atoms with Gasteiger partial charge in [-0.2, -0.15) is 9.97 Å². The summed E-state index contributed by atoms with van der Waals surface area (Å²) in [6.07, 6.45) is 4.86. The van der Waals surface area contributed by atoms with E-state index in [1.54, 1.807) is 0 Å². The molecule has 3 aliphatic heterocycles. The smallest absolute Gasteiger partial charge is 0.319 e. The molecule has 178 valence electrons. The number of likely N-dealkylation sites (N-methyl/N-ethyl adjacent to an activating group) is 1. The predicted molar refractivity (Wildman–Crippen MR) is 137 cm³/mol. The number of nitrogens with two attached hydrogens (primary N) is 1. The van der Waals surface area contributed by atoms with Gasteiger partial charge in [0, 0.05) is 42.3 Å². The summed E-state index contributed by atoms with van der Waals surface area (Å²) in [6.45, 7) is 5.83. The van der Waals surface area contributed by atoms with Crippen molar-refractivity contribution in [2.75, 3.05) is 43.9 Å². The van der Waals surface area contributed by atoms with Gasteiger partial charge in [0.05, 0.1) is 5.52 Å². The fourth-order valence-electron chi connectivity index (χ4n) is 5.85. The Hall–Kier alpha value is -2.90. The Bertz CT molecular complexity index is 1200. The third-order valence-electron chi connectivity index (χ3n) is 7.82. The first-order valence-electron chi connectivity index (χ1n) is 12.6. The van der Waals surface area contributed by atoms with Crippen LogP contribution in [0.2, 0.25) is 0 Å². The summed E-state index contributed by atoms with van der Waals surface area (Å²) in [6, 6.07) is 14.5. The van der Waals surface area contributed by atoms with E-state index in [2.05, 4.69) is 53.4 Å². The molecule has 0 spiro atoms. The lowest BCUT2D eigenvalue weighted by atomic mass is 9.98. The quantitative estimate of drug-likeness (QED) is 0.566. The predicted octanol–water partition coefficient (Wildman–Crippen LogP) is 3.60. The molecular formula is C27H34N6O. The van der Waals surface area contributed by atoms with Gasteiger partial charge >= 0.3 is 6.01 Å². The van der Waals surface area contributed by atoms with E-state index < -0.39 is 0 Å². The molecule has 7 heteroatoms. The fraction of sp³-hybridized carbons (Fsp3) is 0.481. The summed E-state index contributed by atoms with van der Waals surface area (Å²) in [5, 5.41) is 4.81. The number of hydrogen-bond donors (Lipinski definition) is 2. The minimum atomic E-state index is 0.430. The molecule has 0 aliphatic carbocycles. The minimum absolute atomic E-state index is 0.430. The van der Waals surface area contributed by atoms with Crippen LogP contribution in [-0.2, 0) is 0 Å². The van der Waals surface area contributed by atoms with Gasteiger partial charge in [0.25, 0.3) is 0 Å². The Morgan fingerprint density at radius 2 is 1.88 bits per heavy atom. The Kier molecular flexibility index (Phi) is 5.54. The lowest BCUT2D eigenvalue weighted by Gasteiger charge is -2.34. The molecule has 3 atom stereocenters. The molecule has 6 rings (SSSR count). The zero-order valence-corrected chi connectivity index (χ0v) is 20.1. The van der Waals surface area contributed by atoms with Crippen molar-refractivity contribution in [1.82, 2.24) is 20.2 Å². The molecule has 3 aromatic rings. The van der Waals surface area contributed by atoms with Gasteiger partial charge in [0.1, 0.15) is 12.4 Å². The summed E-state index contributed by atoms with van der Waals surface area (Å²) >= 11 is 0. The number of benzene rings is 2. The van der Waals surface area contributed by atoms with Gasteiger partial charge in [0.15, 0.2) is 0 Å². The molecule has 0 radical (unpaired) electrons. The monoisotopic (exact) mass is 458 g/mol. The van der Waals surface area contributed by atoms with Crippen LogP contribution in [0.4, 0.5) is 11.5 Å². The van der Waals surface area contributed by atoms with E-state index in [9.17, 15) is 0 Å². The van der Waals surface area contributed by atoms with E-state index in [0.29, 0.717) is 30.7 Å². The molecule has 2 aromatic carbocycles. The van der Waals surface area contributed by atoms with Crippen LogP contribution >= 0.6 is 0 Å². The third kappa shape index (κ3) is 4.07. The van der Waals surface area contributed by atoms with Crippen molar-refractivity contribution in [3.05, 3.63) is 42.0 Å². The van der Waals surface area contributed by atoms with Crippen LogP contribution in [0.15, 0.2) is 36.4 Å². The topological polar surface area (TPSA) is 79.5 Å². The van der Waals surface area contributed by atoms with Crippen molar-refractivity contribution in [2.24, 2.45) is 0 Å². The number of piperazine rings is 1. The van der Waals surface area contributed by atoms with Crippen LogP contribution in [0.5, 0.6) is 6.01 Å². The lowest BCUT2D eigenvalue weighted by molar-refractivity contribution is 0.188. The number of aromatic nitrogens is 2. The molecule has 3 saturated heterocycles. The zero-order chi connectivity index (χ0) is 23.2. The summed E-state index contributed by atoms with van der Waals surface area (Å²) in [5.41, 5.74) is 11.2. The number of nitrogens with zero attached hydrogens (tertiary/aromatic N) is 4. The molecule has 7 nitrogen and oxygen atoms in total. The van der Waals surface area contributed by atoms with Crippen molar-refractivity contribution < 1.29 is 4.74 Å². The maximum Gasteiger partial charge on any atom is 0.319 e. The second kappa shape index (κ2) is 8.71. The van der Waals surface area contributed by atoms with E-state index in [1.807, 2.05) is 12.1 Å². The zero-order valence-electron chi connectivity index (χ0n) is 20.1.